The summed E-state index contributed by atoms with van der Waals surface area (Å²) in [6.45, 7) is -0.225. The second kappa shape index (κ2) is 10.4. The minimum atomic E-state index is -0.170. The molecule has 8 heteroatoms. The van der Waals surface area contributed by atoms with E-state index in [1.165, 1.54) is 0 Å². The van der Waals surface area contributed by atoms with Crippen molar-refractivity contribution < 1.29 is 29.2 Å². The molecular weight excluding hydrogens is 388 g/mol. The molecule has 8 nitrogen and oxygen atoms in total. The van der Waals surface area contributed by atoms with Crippen LogP contribution in [0.3, 0.4) is 0 Å². The highest BCUT2D eigenvalue weighted by Crippen LogP contribution is 2.38. The second-order valence-electron chi connectivity index (χ2n) is 6.13. The van der Waals surface area contributed by atoms with Gasteiger partial charge in [-0.05, 0) is 42.0 Å². The first kappa shape index (κ1) is 21.4. The molecule has 1 aromatic heterocycles. The van der Waals surface area contributed by atoms with Crippen LogP contribution in [-0.2, 0) is 0 Å². The first-order valence-electron chi connectivity index (χ1n) is 9.38. The van der Waals surface area contributed by atoms with Gasteiger partial charge in [0.15, 0.2) is 5.82 Å². The van der Waals surface area contributed by atoms with E-state index in [-0.39, 0.29) is 38.2 Å². The second-order valence-corrected chi connectivity index (χ2v) is 6.13. The Balaban J connectivity index is 2.13. The molecule has 0 saturated carbocycles. The highest BCUT2D eigenvalue weighted by molar-refractivity contribution is 5.76. The van der Waals surface area contributed by atoms with E-state index in [1.807, 2.05) is 24.3 Å². The number of aliphatic hydroxyl groups excluding tert-OH is 2. The topological polar surface area (TPSA) is 103 Å². The molecule has 0 fully saturated rings. The van der Waals surface area contributed by atoms with Gasteiger partial charge in [-0.15, -0.1) is 0 Å². The summed E-state index contributed by atoms with van der Waals surface area (Å²) < 4.78 is 21.9. The Morgan fingerprint density at radius 3 is 1.50 bits per heavy atom. The standard InChI is InChI=1S/C22H24N2O6/c1-27-17-7-3-15(4-8-17)19-21(29-13-11-25)23-20(24-22(19)30-14-12-26)16-5-9-18(28-2)10-6-16/h3-10,25-26H,11-14H2,1-2H3. The Bertz CT molecular complexity index is 916. The van der Waals surface area contributed by atoms with Crippen molar-refractivity contribution >= 4 is 0 Å². The van der Waals surface area contributed by atoms with Gasteiger partial charge < -0.3 is 29.2 Å². The molecule has 0 radical (unpaired) electrons. The summed E-state index contributed by atoms with van der Waals surface area (Å²) in [7, 11) is 3.18. The Kier molecular flexibility index (Phi) is 7.42. The third-order valence-electron chi connectivity index (χ3n) is 4.23. The molecule has 2 N–H and O–H groups in total. The molecule has 0 aliphatic heterocycles. The quantitative estimate of drug-likeness (QED) is 0.524. The lowest BCUT2D eigenvalue weighted by Crippen LogP contribution is -2.10. The van der Waals surface area contributed by atoms with Crippen LogP contribution >= 0.6 is 0 Å². The number of hydrogen-bond acceptors (Lipinski definition) is 8. The highest BCUT2D eigenvalue weighted by Gasteiger charge is 2.20. The molecule has 158 valence electrons. The first-order chi connectivity index (χ1) is 14.7. The van der Waals surface area contributed by atoms with Gasteiger partial charge >= 0.3 is 0 Å². The molecule has 1 heterocycles. The van der Waals surface area contributed by atoms with E-state index in [9.17, 15) is 10.2 Å². The predicted octanol–water partition coefficient (Wildman–Crippen LogP) is 2.57. The fourth-order valence-corrected chi connectivity index (χ4v) is 2.79. The Morgan fingerprint density at radius 2 is 1.10 bits per heavy atom. The van der Waals surface area contributed by atoms with Crippen LogP contribution in [0.25, 0.3) is 22.5 Å². The zero-order chi connectivity index (χ0) is 21.3. The fraction of sp³-hybridized carbons (Fsp3) is 0.273. The van der Waals surface area contributed by atoms with E-state index in [2.05, 4.69) is 9.97 Å². The van der Waals surface area contributed by atoms with Crippen molar-refractivity contribution in [1.29, 1.82) is 0 Å². The Labute approximate surface area is 174 Å². The van der Waals surface area contributed by atoms with Crippen molar-refractivity contribution in [3.8, 4) is 45.8 Å². The summed E-state index contributed by atoms with van der Waals surface area (Å²) in [6, 6.07) is 14.5. The smallest absolute Gasteiger partial charge is 0.229 e. The van der Waals surface area contributed by atoms with Crippen molar-refractivity contribution in [1.82, 2.24) is 9.97 Å². The molecule has 0 aliphatic carbocycles. The van der Waals surface area contributed by atoms with Gasteiger partial charge in [0.25, 0.3) is 0 Å². The molecule has 0 spiro atoms. The molecule has 2 aromatic carbocycles. The Morgan fingerprint density at radius 1 is 0.667 bits per heavy atom. The molecule has 30 heavy (non-hydrogen) atoms. The van der Waals surface area contributed by atoms with Crippen molar-refractivity contribution in [3.05, 3.63) is 48.5 Å². The van der Waals surface area contributed by atoms with E-state index in [4.69, 9.17) is 18.9 Å². The monoisotopic (exact) mass is 412 g/mol. The molecule has 0 saturated heterocycles. The molecule has 0 aliphatic rings. The SMILES string of the molecule is COc1ccc(-c2nc(OCCO)c(-c3ccc(OC)cc3)c(OCCO)n2)cc1. The molecule has 0 unspecified atom stereocenters. The lowest BCUT2D eigenvalue weighted by molar-refractivity contribution is 0.189. The number of aliphatic hydroxyl groups is 2. The Hall–Kier alpha value is -3.36. The normalized spacial score (nSPS) is 10.5. The maximum absolute atomic E-state index is 9.25. The van der Waals surface area contributed by atoms with Crippen molar-refractivity contribution in [2.75, 3.05) is 40.6 Å². The van der Waals surface area contributed by atoms with Crippen molar-refractivity contribution in [3.63, 3.8) is 0 Å². The van der Waals surface area contributed by atoms with Crippen molar-refractivity contribution in [2.24, 2.45) is 0 Å². The van der Waals surface area contributed by atoms with E-state index in [0.29, 0.717) is 22.9 Å². The lowest BCUT2D eigenvalue weighted by atomic mass is 10.1. The number of aromatic nitrogens is 2. The number of rotatable bonds is 10. The van der Waals surface area contributed by atoms with Crippen molar-refractivity contribution in [2.45, 2.75) is 0 Å². The summed E-state index contributed by atoms with van der Waals surface area (Å²) in [5.41, 5.74) is 2.01. The zero-order valence-corrected chi connectivity index (χ0v) is 16.9. The van der Waals surface area contributed by atoms with Crippen LogP contribution in [0.5, 0.6) is 23.3 Å². The van der Waals surface area contributed by atoms with Crippen LogP contribution in [0.2, 0.25) is 0 Å². The molecule has 0 atom stereocenters. The average Bonchev–Trinajstić information content (AvgIpc) is 2.81. The van der Waals surface area contributed by atoms with Crippen LogP contribution in [0.15, 0.2) is 48.5 Å². The lowest BCUT2D eigenvalue weighted by Gasteiger charge is -2.16. The molecule has 0 amide bonds. The third kappa shape index (κ3) is 4.97. The van der Waals surface area contributed by atoms with Crippen LogP contribution in [0.1, 0.15) is 0 Å². The van der Waals surface area contributed by atoms with E-state index in [0.717, 1.165) is 11.1 Å². The average molecular weight is 412 g/mol. The van der Waals surface area contributed by atoms with Gasteiger partial charge in [0.1, 0.15) is 30.3 Å². The maximum atomic E-state index is 9.25. The van der Waals surface area contributed by atoms with Gasteiger partial charge in [-0.1, -0.05) is 12.1 Å². The molecule has 3 rings (SSSR count). The molecule has 0 bridgehead atoms. The number of ether oxygens (including phenoxy) is 4. The summed E-state index contributed by atoms with van der Waals surface area (Å²) in [5, 5.41) is 18.5. The zero-order valence-electron chi connectivity index (χ0n) is 16.9. The molecule has 3 aromatic rings. The van der Waals surface area contributed by atoms with Crippen LogP contribution < -0.4 is 18.9 Å². The largest absolute Gasteiger partial charge is 0.497 e. The van der Waals surface area contributed by atoms with E-state index < -0.39 is 0 Å². The molecular formula is C22H24N2O6. The summed E-state index contributed by atoms with van der Waals surface area (Å²) in [4.78, 5) is 9.13. The van der Waals surface area contributed by atoms with E-state index >= 15 is 0 Å². The van der Waals surface area contributed by atoms with Crippen LogP contribution in [-0.4, -0.2) is 60.8 Å². The van der Waals surface area contributed by atoms with Gasteiger partial charge in [0.05, 0.1) is 27.4 Å². The third-order valence-corrected chi connectivity index (χ3v) is 4.23. The summed E-state index contributed by atoms with van der Waals surface area (Å²) >= 11 is 0. The van der Waals surface area contributed by atoms with Gasteiger partial charge in [0.2, 0.25) is 11.8 Å². The summed E-state index contributed by atoms with van der Waals surface area (Å²) in [5.74, 6) is 2.33. The number of nitrogens with zero attached hydrogens (tertiary/aromatic N) is 2. The predicted molar refractivity (Wildman–Crippen MR) is 111 cm³/mol. The van der Waals surface area contributed by atoms with Gasteiger partial charge in [-0.25, -0.2) is 0 Å². The maximum Gasteiger partial charge on any atom is 0.229 e. The fourth-order valence-electron chi connectivity index (χ4n) is 2.79. The van der Waals surface area contributed by atoms with Crippen LogP contribution in [0.4, 0.5) is 0 Å². The van der Waals surface area contributed by atoms with Gasteiger partial charge in [0, 0.05) is 5.56 Å². The van der Waals surface area contributed by atoms with E-state index in [1.54, 1.807) is 38.5 Å². The van der Waals surface area contributed by atoms with Gasteiger partial charge in [-0.3, -0.25) is 0 Å². The summed E-state index contributed by atoms with van der Waals surface area (Å²) in [6.07, 6.45) is 0. The van der Waals surface area contributed by atoms with Gasteiger partial charge in [-0.2, -0.15) is 9.97 Å². The minimum absolute atomic E-state index is 0.0572. The first-order valence-corrected chi connectivity index (χ1v) is 9.38. The number of benzene rings is 2. The number of methoxy groups -OCH3 is 2. The minimum Gasteiger partial charge on any atom is -0.497 e. The highest BCUT2D eigenvalue weighted by atomic mass is 16.5. The number of hydrogen-bond donors (Lipinski definition) is 2. The van der Waals surface area contributed by atoms with Crippen LogP contribution in [0, 0.1) is 0 Å².